The van der Waals surface area contributed by atoms with Gasteiger partial charge >= 0.3 is 6.09 Å². The lowest BCUT2D eigenvalue weighted by atomic mass is 10.1. The Labute approximate surface area is 235 Å². The lowest BCUT2D eigenvalue weighted by molar-refractivity contribution is -0.384. The summed E-state index contributed by atoms with van der Waals surface area (Å²) < 4.78 is 7.08. The zero-order valence-electron chi connectivity index (χ0n) is 22.1. The van der Waals surface area contributed by atoms with E-state index in [0.29, 0.717) is 48.8 Å². The quantitative estimate of drug-likeness (QED) is 0.231. The molecule has 1 aliphatic rings. The number of non-ortho nitro benzene ring substituents is 1. The van der Waals surface area contributed by atoms with Crippen LogP contribution in [-0.4, -0.2) is 56.7 Å². The van der Waals surface area contributed by atoms with Crippen molar-refractivity contribution >= 4 is 28.9 Å². The Morgan fingerprint density at radius 2 is 1.66 bits per heavy atom. The molecule has 3 heterocycles. The maximum absolute atomic E-state index is 12.6. The monoisotopic (exact) mass is 549 g/mol. The van der Waals surface area contributed by atoms with Gasteiger partial charge in [0.15, 0.2) is 5.65 Å². The summed E-state index contributed by atoms with van der Waals surface area (Å²) in [7, 11) is 0. The number of nitrogens with two attached hydrogens (primary N) is 1. The molecule has 1 aliphatic heterocycles. The molecule has 0 spiro atoms. The summed E-state index contributed by atoms with van der Waals surface area (Å²) in [6.07, 6.45) is 3.10. The van der Waals surface area contributed by atoms with Gasteiger partial charge in [-0.25, -0.2) is 9.78 Å². The van der Waals surface area contributed by atoms with E-state index in [9.17, 15) is 14.9 Å². The van der Waals surface area contributed by atoms with Gasteiger partial charge in [-0.05, 0) is 41.0 Å². The van der Waals surface area contributed by atoms with E-state index in [0.717, 1.165) is 22.4 Å². The molecule has 5 aromatic rings. The normalized spacial score (nSPS) is 13.4. The van der Waals surface area contributed by atoms with Gasteiger partial charge in [-0.2, -0.15) is 9.61 Å². The summed E-state index contributed by atoms with van der Waals surface area (Å²) in [5.74, 6) is 0.390. The maximum atomic E-state index is 12.6. The summed E-state index contributed by atoms with van der Waals surface area (Å²) >= 11 is 0. The van der Waals surface area contributed by atoms with Crippen LogP contribution in [0.5, 0.6) is 0 Å². The smallest absolute Gasteiger partial charge is 0.410 e. The van der Waals surface area contributed by atoms with Gasteiger partial charge in [0.1, 0.15) is 12.4 Å². The summed E-state index contributed by atoms with van der Waals surface area (Å²) in [5.41, 5.74) is 12.2. The highest BCUT2D eigenvalue weighted by Gasteiger charge is 2.23. The topological polar surface area (TPSA) is 132 Å². The van der Waals surface area contributed by atoms with E-state index in [1.807, 2.05) is 48.5 Å². The minimum absolute atomic E-state index is 0.00650. The lowest BCUT2D eigenvalue weighted by Crippen LogP contribution is -2.48. The van der Waals surface area contributed by atoms with Gasteiger partial charge in [-0.3, -0.25) is 10.1 Å². The molecule has 0 aliphatic carbocycles. The Morgan fingerprint density at radius 1 is 0.902 bits per heavy atom. The van der Waals surface area contributed by atoms with Crippen molar-refractivity contribution in [3.8, 4) is 22.3 Å². The second-order valence-electron chi connectivity index (χ2n) is 9.72. The number of aromatic nitrogens is 3. The molecule has 2 aromatic heterocycles. The van der Waals surface area contributed by atoms with Crippen molar-refractivity contribution in [2.45, 2.75) is 6.61 Å². The first-order valence-corrected chi connectivity index (χ1v) is 13.2. The van der Waals surface area contributed by atoms with Crippen molar-refractivity contribution in [2.24, 2.45) is 0 Å². The number of nitrogen functional groups attached to an aromatic ring is 1. The number of ether oxygens (including phenoxy) is 1. The molecule has 6 rings (SSSR count). The van der Waals surface area contributed by atoms with Gasteiger partial charge in [0.05, 0.1) is 11.1 Å². The third-order valence-corrected chi connectivity index (χ3v) is 7.22. The number of amides is 1. The Kier molecular flexibility index (Phi) is 6.90. The number of fused-ring (bicyclic) bond motifs is 1. The number of carbonyl (C=O) groups excluding carboxylic acids is 1. The number of nitro groups is 1. The van der Waals surface area contributed by atoms with Gasteiger partial charge < -0.3 is 20.3 Å². The van der Waals surface area contributed by atoms with Crippen LogP contribution < -0.4 is 10.6 Å². The van der Waals surface area contributed by atoms with Gasteiger partial charge in [0.25, 0.3) is 5.69 Å². The van der Waals surface area contributed by atoms with E-state index in [2.05, 4.69) is 21.0 Å². The van der Waals surface area contributed by atoms with Crippen LogP contribution in [0.3, 0.4) is 0 Å². The first-order chi connectivity index (χ1) is 20.0. The lowest BCUT2D eigenvalue weighted by Gasteiger charge is -2.35. The summed E-state index contributed by atoms with van der Waals surface area (Å²) in [6.45, 7) is 2.76. The minimum Gasteiger partial charge on any atom is -0.445 e. The van der Waals surface area contributed by atoms with Crippen molar-refractivity contribution in [2.75, 3.05) is 36.8 Å². The first kappa shape index (κ1) is 25.8. The van der Waals surface area contributed by atoms with E-state index in [1.54, 1.807) is 33.9 Å². The van der Waals surface area contributed by atoms with Gasteiger partial charge in [-0.15, -0.1) is 0 Å². The predicted octanol–water partition coefficient (Wildman–Crippen LogP) is 5.01. The fraction of sp³-hybridized carbons (Fsp3) is 0.167. The number of benzene rings is 3. The number of anilines is 2. The second kappa shape index (κ2) is 11.0. The molecule has 1 saturated heterocycles. The zero-order chi connectivity index (χ0) is 28.3. The van der Waals surface area contributed by atoms with Crippen molar-refractivity contribution in [3.05, 3.63) is 107 Å². The number of piperazine rings is 1. The van der Waals surface area contributed by atoms with Crippen LogP contribution in [0, 0.1) is 10.1 Å². The predicted molar refractivity (Wildman–Crippen MR) is 155 cm³/mol. The van der Waals surface area contributed by atoms with Crippen LogP contribution in [0.2, 0.25) is 0 Å². The van der Waals surface area contributed by atoms with E-state index < -0.39 is 4.92 Å². The molecule has 0 bridgehead atoms. The molecular formula is C30H27N7O4. The number of hydrogen-bond acceptors (Lipinski definition) is 8. The Bertz CT molecular complexity index is 1710. The van der Waals surface area contributed by atoms with Crippen LogP contribution >= 0.6 is 0 Å². The largest absolute Gasteiger partial charge is 0.445 e. The first-order valence-electron chi connectivity index (χ1n) is 13.2. The van der Waals surface area contributed by atoms with E-state index >= 15 is 0 Å². The average Bonchev–Trinajstić information content (AvgIpc) is 3.46. The average molecular weight is 550 g/mol. The highest BCUT2D eigenvalue weighted by molar-refractivity contribution is 5.83. The fourth-order valence-corrected chi connectivity index (χ4v) is 4.97. The zero-order valence-corrected chi connectivity index (χ0v) is 22.1. The number of nitrogens with zero attached hydrogens (tertiary/aromatic N) is 6. The number of carbonyl (C=O) groups is 1. The number of nitro benzene ring substituents is 1. The molecule has 2 N–H and O–H groups in total. The van der Waals surface area contributed by atoms with Crippen molar-refractivity contribution in [1.82, 2.24) is 19.5 Å². The molecular weight excluding hydrogens is 522 g/mol. The highest BCUT2D eigenvalue weighted by atomic mass is 16.6. The molecule has 1 amide bonds. The molecule has 0 radical (unpaired) electrons. The second-order valence-corrected chi connectivity index (χ2v) is 9.72. The molecule has 1 fully saturated rings. The summed E-state index contributed by atoms with van der Waals surface area (Å²) in [5, 5.41) is 15.5. The van der Waals surface area contributed by atoms with Crippen LogP contribution in [0.25, 0.3) is 27.9 Å². The van der Waals surface area contributed by atoms with Crippen LogP contribution in [0.1, 0.15) is 5.56 Å². The van der Waals surface area contributed by atoms with Crippen LogP contribution in [0.4, 0.5) is 22.0 Å². The van der Waals surface area contributed by atoms with Crippen molar-refractivity contribution in [3.63, 3.8) is 0 Å². The molecule has 0 saturated carbocycles. The summed E-state index contributed by atoms with van der Waals surface area (Å²) in [4.78, 5) is 31.7. The third-order valence-electron chi connectivity index (χ3n) is 7.22. The molecule has 206 valence electrons. The molecule has 3 aromatic carbocycles. The van der Waals surface area contributed by atoms with E-state index in [4.69, 9.17) is 10.5 Å². The van der Waals surface area contributed by atoms with Gasteiger partial charge in [-0.1, -0.05) is 42.5 Å². The number of rotatable bonds is 6. The van der Waals surface area contributed by atoms with Crippen LogP contribution in [0.15, 0.2) is 91.3 Å². The Balaban J connectivity index is 1.16. The van der Waals surface area contributed by atoms with Gasteiger partial charge in [0.2, 0.25) is 0 Å². The fourth-order valence-electron chi connectivity index (χ4n) is 4.97. The minimum atomic E-state index is -0.441. The van der Waals surface area contributed by atoms with Crippen molar-refractivity contribution in [1.29, 1.82) is 0 Å². The maximum Gasteiger partial charge on any atom is 0.410 e. The third kappa shape index (κ3) is 5.24. The molecule has 11 nitrogen and oxygen atoms in total. The summed E-state index contributed by atoms with van der Waals surface area (Å²) in [6, 6.07) is 23.9. The highest BCUT2D eigenvalue weighted by Crippen LogP contribution is 2.32. The van der Waals surface area contributed by atoms with Crippen molar-refractivity contribution < 1.29 is 14.5 Å². The van der Waals surface area contributed by atoms with E-state index in [1.165, 1.54) is 12.1 Å². The van der Waals surface area contributed by atoms with Gasteiger partial charge in [0, 0.05) is 61.3 Å². The Hall–Kier alpha value is -5.45. The SMILES string of the molecule is Nc1c(-c2ccc([N+](=O)[O-])cc2)cnc2c(-c3cccc(N4CCN(C(=O)OCc5ccccc5)CC4)c3)cnn12. The molecule has 41 heavy (non-hydrogen) atoms. The Morgan fingerprint density at radius 3 is 2.39 bits per heavy atom. The van der Waals surface area contributed by atoms with E-state index in [-0.39, 0.29) is 18.4 Å². The standard InChI is InChI=1S/C30H27N7O4/c31-28-26(22-9-11-24(12-10-22)37(39)40)18-32-29-27(19-33-36(28)29)23-7-4-8-25(17-23)34-13-15-35(16-14-34)30(38)41-20-21-5-2-1-3-6-21/h1-12,17-19H,13-16,20,31H2. The van der Waals surface area contributed by atoms with Crippen LogP contribution in [-0.2, 0) is 11.3 Å². The number of hydrogen-bond donors (Lipinski definition) is 1. The molecule has 0 unspecified atom stereocenters. The molecule has 0 atom stereocenters. The molecule has 11 heteroatoms.